The lowest BCUT2D eigenvalue weighted by molar-refractivity contribution is 0.0526. The molecule has 2 N–H and O–H groups in total. The Morgan fingerprint density at radius 1 is 1.08 bits per heavy atom. The van der Waals surface area contributed by atoms with Crippen LogP contribution in [0.4, 0.5) is 10.5 Å². The molecule has 2 amide bonds. The maximum atomic E-state index is 11.9. The van der Waals surface area contributed by atoms with Gasteiger partial charge in [0.15, 0.2) is 0 Å². The van der Waals surface area contributed by atoms with Crippen molar-refractivity contribution in [2.45, 2.75) is 13.5 Å². The topological polar surface area (TPSA) is 76.7 Å². The van der Waals surface area contributed by atoms with Gasteiger partial charge in [-0.25, -0.2) is 9.59 Å². The van der Waals surface area contributed by atoms with E-state index in [1.54, 1.807) is 38.3 Å². The molecule has 6 nitrogen and oxygen atoms in total. The van der Waals surface area contributed by atoms with Crippen LogP contribution >= 0.6 is 0 Å². The molecule has 2 aromatic rings. The normalized spacial score (nSPS) is 9.92. The SMILES string of the molecule is CCOC(=O)c1ccc(NC(=O)NCc2cccc(OC)c2)cc1. The number of anilines is 1. The number of methoxy groups -OCH3 is 1. The number of ether oxygens (including phenoxy) is 2. The summed E-state index contributed by atoms with van der Waals surface area (Å²) in [6.07, 6.45) is 0. The molecule has 0 bridgehead atoms. The molecule has 0 unspecified atom stereocenters. The second-order valence-corrected chi connectivity index (χ2v) is 4.96. The minimum absolute atomic E-state index is 0.325. The van der Waals surface area contributed by atoms with Gasteiger partial charge in [-0.05, 0) is 48.9 Å². The van der Waals surface area contributed by atoms with Crippen LogP contribution in [-0.2, 0) is 11.3 Å². The summed E-state index contributed by atoms with van der Waals surface area (Å²) in [6.45, 7) is 2.45. The third-order valence-electron chi connectivity index (χ3n) is 3.24. The molecule has 0 radical (unpaired) electrons. The van der Waals surface area contributed by atoms with E-state index in [0.717, 1.165) is 11.3 Å². The smallest absolute Gasteiger partial charge is 0.338 e. The average molecular weight is 328 g/mol. The highest BCUT2D eigenvalue weighted by atomic mass is 16.5. The Morgan fingerprint density at radius 3 is 2.50 bits per heavy atom. The molecular formula is C18H20N2O4. The van der Waals surface area contributed by atoms with Crippen molar-refractivity contribution in [3.63, 3.8) is 0 Å². The summed E-state index contributed by atoms with van der Waals surface area (Å²) in [5.41, 5.74) is 1.97. The van der Waals surface area contributed by atoms with Crippen LogP contribution in [0.5, 0.6) is 5.75 Å². The van der Waals surface area contributed by atoms with Crippen LogP contribution in [0.3, 0.4) is 0 Å². The first-order chi connectivity index (χ1) is 11.6. The quantitative estimate of drug-likeness (QED) is 0.799. The van der Waals surface area contributed by atoms with Crippen molar-refractivity contribution < 1.29 is 19.1 Å². The van der Waals surface area contributed by atoms with E-state index in [1.807, 2.05) is 24.3 Å². The molecule has 0 aliphatic carbocycles. The number of carbonyl (C=O) groups excluding carboxylic acids is 2. The number of hydrogen-bond donors (Lipinski definition) is 2. The monoisotopic (exact) mass is 328 g/mol. The van der Waals surface area contributed by atoms with E-state index in [1.165, 1.54) is 0 Å². The second-order valence-electron chi connectivity index (χ2n) is 4.96. The van der Waals surface area contributed by atoms with Gasteiger partial charge < -0.3 is 20.1 Å². The van der Waals surface area contributed by atoms with Crippen LogP contribution in [0.2, 0.25) is 0 Å². The molecule has 0 heterocycles. The van der Waals surface area contributed by atoms with E-state index in [4.69, 9.17) is 9.47 Å². The Morgan fingerprint density at radius 2 is 1.83 bits per heavy atom. The summed E-state index contributed by atoms with van der Waals surface area (Å²) < 4.78 is 10.0. The summed E-state index contributed by atoms with van der Waals surface area (Å²) in [7, 11) is 1.60. The highest BCUT2D eigenvalue weighted by Gasteiger charge is 2.07. The largest absolute Gasteiger partial charge is 0.497 e. The molecule has 0 aromatic heterocycles. The van der Waals surface area contributed by atoms with Crippen LogP contribution < -0.4 is 15.4 Å². The van der Waals surface area contributed by atoms with Gasteiger partial charge in [-0.3, -0.25) is 0 Å². The number of hydrogen-bond acceptors (Lipinski definition) is 4. The van der Waals surface area contributed by atoms with E-state index in [2.05, 4.69) is 10.6 Å². The lowest BCUT2D eigenvalue weighted by Crippen LogP contribution is -2.28. The number of carbonyl (C=O) groups is 2. The van der Waals surface area contributed by atoms with Gasteiger partial charge in [0.05, 0.1) is 19.3 Å². The fraction of sp³-hybridized carbons (Fsp3) is 0.222. The van der Waals surface area contributed by atoms with Gasteiger partial charge in [0, 0.05) is 12.2 Å². The van der Waals surface area contributed by atoms with Crippen LogP contribution in [-0.4, -0.2) is 25.7 Å². The van der Waals surface area contributed by atoms with Gasteiger partial charge in [-0.15, -0.1) is 0 Å². The van der Waals surface area contributed by atoms with Crippen molar-refractivity contribution in [2.75, 3.05) is 19.0 Å². The van der Waals surface area contributed by atoms with E-state index < -0.39 is 0 Å². The molecule has 2 rings (SSSR count). The van der Waals surface area contributed by atoms with E-state index in [-0.39, 0.29) is 12.0 Å². The van der Waals surface area contributed by atoms with E-state index in [9.17, 15) is 9.59 Å². The first kappa shape index (κ1) is 17.3. The molecule has 0 saturated carbocycles. The van der Waals surface area contributed by atoms with Crippen LogP contribution in [0.15, 0.2) is 48.5 Å². The van der Waals surface area contributed by atoms with Gasteiger partial charge in [0.1, 0.15) is 5.75 Å². The van der Waals surface area contributed by atoms with E-state index in [0.29, 0.717) is 24.4 Å². The van der Waals surface area contributed by atoms with Crippen LogP contribution in [0.25, 0.3) is 0 Å². The second kappa shape index (κ2) is 8.57. The summed E-state index contributed by atoms with van der Waals surface area (Å²) in [5.74, 6) is 0.357. The number of nitrogens with one attached hydrogen (secondary N) is 2. The fourth-order valence-corrected chi connectivity index (χ4v) is 2.04. The summed E-state index contributed by atoms with van der Waals surface area (Å²) in [4.78, 5) is 23.5. The third-order valence-corrected chi connectivity index (χ3v) is 3.24. The maximum absolute atomic E-state index is 11.9. The number of esters is 1. The zero-order chi connectivity index (χ0) is 17.4. The third kappa shape index (κ3) is 5.01. The highest BCUT2D eigenvalue weighted by molar-refractivity contribution is 5.92. The number of amides is 2. The Labute approximate surface area is 140 Å². The number of rotatable bonds is 6. The van der Waals surface area contributed by atoms with Crippen LogP contribution in [0, 0.1) is 0 Å². The average Bonchev–Trinajstić information content (AvgIpc) is 2.61. The summed E-state index contributed by atoms with van der Waals surface area (Å²) in [6, 6.07) is 13.6. The van der Waals surface area contributed by atoms with Crippen LogP contribution in [0.1, 0.15) is 22.8 Å². The zero-order valence-corrected chi connectivity index (χ0v) is 13.7. The minimum atomic E-state index is -0.383. The molecule has 6 heteroatoms. The molecule has 0 spiro atoms. The Hall–Kier alpha value is -3.02. The van der Waals surface area contributed by atoms with Gasteiger partial charge >= 0.3 is 12.0 Å². The first-order valence-electron chi connectivity index (χ1n) is 7.57. The lowest BCUT2D eigenvalue weighted by Gasteiger charge is -2.09. The zero-order valence-electron chi connectivity index (χ0n) is 13.7. The van der Waals surface area contributed by atoms with Gasteiger partial charge in [0.25, 0.3) is 0 Å². The fourth-order valence-electron chi connectivity index (χ4n) is 2.04. The Balaban J connectivity index is 1.86. The maximum Gasteiger partial charge on any atom is 0.338 e. The first-order valence-corrected chi connectivity index (χ1v) is 7.57. The van der Waals surface area contributed by atoms with Crippen molar-refractivity contribution in [1.29, 1.82) is 0 Å². The molecule has 0 aliphatic heterocycles. The van der Waals surface area contributed by atoms with Crippen molar-refractivity contribution >= 4 is 17.7 Å². The molecule has 126 valence electrons. The molecule has 0 aliphatic rings. The Kier molecular flexibility index (Phi) is 6.19. The van der Waals surface area contributed by atoms with Gasteiger partial charge in [0.2, 0.25) is 0 Å². The molecule has 0 fully saturated rings. The molecule has 24 heavy (non-hydrogen) atoms. The Bertz CT molecular complexity index is 698. The van der Waals surface area contributed by atoms with Crippen molar-refractivity contribution in [3.05, 3.63) is 59.7 Å². The van der Waals surface area contributed by atoms with Crippen molar-refractivity contribution in [1.82, 2.24) is 5.32 Å². The molecular weight excluding hydrogens is 308 g/mol. The standard InChI is InChI=1S/C18H20N2O4/c1-3-24-17(21)14-7-9-15(10-8-14)20-18(22)19-12-13-5-4-6-16(11-13)23-2/h4-11H,3,12H2,1-2H3,(H2,19,20,22). The van der Waals surface area contributed by atoms with Crippen molar-refractivity contribution in [2.24, 2.45) is 0 Å². The minimum Gasteiger partial charge on any atom is -0.497 e. The molecule has 0 saturated heterocycles. The van der Waals surface area contributed by atoms with E-state index >= 15 is 0 Å². The highest BCUT2D eigenvalue weighted by Crippen LogP contribution is 2.13. The molecule has 0 atom stereocenters. The summed E-state index contributed by atoms with van der Waals surface area (Å²) >= 11 is 0. The van der Waals surface area contributed by atoms with Gasteiger partial charge in [-0.2, -0.15) is 0 Å². The van der Waals surface area contributed by atoms with Crippen molar-refractivity contribution in [3.8, 4) is 5.75 Å². The predicted molar refractivity (Wildman–Crippen MR) is 91.3 cm³/mol. The predicted octanol–water partition coefficient (Wildman–Crippen LogP) is 3.19. The summed E-state index contributed by atoms with van der Waals surface area (Å²) in [5, 5.41) is 5.46. The molecule has 2 aromatic carbocycles. The number of urea groups is 1. The lowest BCUT2D eigenvalue weighted by atomic mass is 10.2. The number of benzene rings is 2. The van der Waals surface area contributed by atoms with Gasteiger partial charge in [-0.1, -0.05) is 12.1 Å².